The topological polar surface area (TPSA) is 363 Å². The quantitative estimate of drug-likeness (QED) is 0.0576. The van der Waals surface area contributed by atoms with Crippen molar-refractivity contribution in [3.05, 3.63) is 51.6 Å². The summed E-state index contributed by atoms with van der Waals surface area (Å²) in [6.45, 7) is 9.32. The molecule has 1 aliphatic heterocycles. The maximum Gasteiger partial charge on any atom is 0.303 e. The van der Waals surface area contributed by atoms with Crippen LogP contribution in [-0.4, -0.2) is 152 Å². The zero-order chi connectivity index (χ0) is 54.2. The molecule has 2 aromatic carbocycles. The van der Waals surface area contributed by atoms with Gasteiger partial charge in [0.1, 0.15) is 47.1 Å². The van der Waals surface area contributed by atoms with Crippen molar-refractivity contribution in [1.29, 1.82) is 0 Å². The first kappa shape index (κ1) is 57.4. The van der Waals surface area contributed by atoms with E-state index in [-0.39, 0.29) is 84.9 Å². The Morgan fingerprint density at radius 2 is 1.45 bits per heavy atom. The Kier molecular flexibility index (Phi) is 19.2. The van der Waals surface area contributed by atoms with E-state index in [0.29, 0.717) is 0 Å². The molecule has 5 rings (SSSR count). The lowest BCUT2D eigenvalue weighted by molar-refractivity contribution is -0.249. The average Bonchev–Trinajstić information content (AvgIpc) is 3.31. The monoisotopic (exact) mass is 1030 g/mol. The fraction of sp³-hybridized carbons (Fsp3) is 0.580. The molecule has 0 spiro atoms. The first-order valence-corrected chi connectivity index (χ1v) is 24.2. The average molecular weight is 1030 g/mol. The minimum absolute atomic E-state index is 0.0208. The lowest BCUT2D eigenvalue weighted by Gasteiger charge is -2.43. The fourth-order valence-electron chi connectivity index (χ4n) is 9.30. The number of aliphatic hydroxyl groups excluding tert-OH is 2. The van der Waals surface area contributed by atoms with Gasteiger partial charge in [0.25, 0.3) is 0 Å². The van der Waals surface area contributed by atoms with E-state index < -0.39 is 156 Å². The Morgan fingerprint density at radius 3 is 2.07 bits per heavy atom. The number of aliphatic carboxylic acids is 1. The van der Waals surface area contributed by atoms with Crippen LogP contribution in [0.3, 0.4) is 0 Å². The SMILES string of the molecule is COc1cccc2c1C(=O)c1c(O)c3c(c(O)c1C2=O)C[C@@](O)(C(=O)CCO)C[C@@H]3O[C@H]1C[C@H](NC(=O)[C@H](CC(C)C)NC(=O)[C@H](C)NC(=O)[C@H](CC(C)C)NC(=O)CCNC(=O)CCC(=O)O)[C@H](O)[C@H](C)O1. The van der Waals surface area contributed by atoms with Gasteiger partial charge in [-0.15, -0.1) is 0 Å². The number of hydrogen-bond donors (Lipinski definition) is 11. The molecule has 3 aliphatic rings. The number of phenols is 2. The second kappa shape index (κ2) is 24.5. The van der Waals surface area contributed by atoms with Gasteiger partial charge in [-0.05, 0) is 44.6 Å². The number of carboxylic acids is 1. The fourth-order valence-corrected chi connectivity index (χ4v) is 9.30. The largest absolute Gasteiger partial charge is 0.507 e. The number of phenolic OH excluding ortho intramolecular Hbond substituents is 2. The number of carboxylic acid groups (broad SMARTS) is 1. The molecule has 23 heteroatoms. The third kappa shape index (κ3) is 13.6. The Bertz CT molecular complexity index is 2480. The molecule has 9 atom stereocenters. The van der Waals surface area contributed by atoms with Gasteiger partial charge in [0.05, 0.1) is 55.1 Å². The predicted octanol–water partition coefficient (Wildman–Crippen LogP) is 0.487. The van der Waals surface area contributed by atoms with Gasteiger partial charge in [-0.1, -0.05) is 39.8 Å². The molecule has 1 heterocycles. The maximum absolute atomic E-state index is 14.1. The van der Waals surface area contributed by atoms with E-state index in [2.05, 4.69) is 26.6 Å². The third-order valence-electron chi connectivity index (χ3n) is 13.0. The van der Waals surface area contributed by atoms with Crippen LogP contribution in [-0.2, 0) is 49.5 Å². The number of aliphatic hydroxyl groups is 3. The molecule has 11 N–H and O–H groups in total. The van der Waals surface area contributed by atoms with Crippen LogP contribution in [0.15, 0.2) is 18.2 Å². The Balaban J connectivity index is 1.33. The summed E-state index contributed by atoms with van der Waals surface area (Å²) < 4.78 is 17.7. The van der Waals surface area contributed by atoms with Gasteiger partial charge in [-0.3, -0.25) is 43.2 Å². The smallest absolute Gasteiger partial charge is 0.303 e. The molecule has 2 aromatic rings. The number of carbonyl (C=O) groups excluding carboxylic acids is 8. The summed E-state index contributed by atoms with van der Waals surface area (Å²) in [4.78, 5) is 118. The van der Waals surface area contributed by atoms with Gasteiger partial charge in [0, 0.05) is 61.8 Å². The first-order chi connectivity index (χ1) is 34.3. The highest BCUT2D eigenvalue weighted by molar-refractivity contribution is 6.31. The van der Waals surface area contributed by atoms with Gasteiger partial charge in [-0.2, -0.15) is 0 Å². The van der Waals surface area contributed by atoms with E-state index >= 15 is 0 Å². The van der Waals surface area contributed by atoms with E-state index in [1.165, 1.54) is 39.2 Å². The van der Waals surface area contributed by atoms with Crippen molar-refractivity contribution >= 4 is 52.9 Å². The molecule has 2 aliphatic carbocycles. The standard InChI is InChI=1S/C50H67N5O18/c1-22(2)17-29(53-35(59)13-15-51-34(58)11-12-36(60)61)48(68)52-24(5)47(67)55-30(18-23(3)4)49(69)54-28-19-37(72-25(6)42(28)62)73-32-21-50(70,33(57)14-16-56)20-27-39(32)46(66)41-40(44(27)64)43(63)26-9-8-10-31(71-7)38(26)45(41)65/h8-10,22-25,28-30,32,37,42,56,62,64,66,70H,11-21H2,1-7H3,(H,51,58)(H,52,68)(H,53,59)(H,54,69)(H,55,67)(H,60,61)/t24-,25-,28-,29-,30-,32-,37-,42+,50-/m0/s1. The van der Waals surface area contributed by atoms with Crippen LogP contribution in [0, 0.1) is 11.8 Å². The van der Waals surface area contributed by atoms with Crippen LogP contribution in [0.4, 0.5) is 0 Å². The van der Waals surface area contributed by atoms with Gasteiger partial charge in [-0.25, -0.2) is 0 Å². The highest BCUT2D eigenvalue weighted by atomic mass is 16.7. The van der Waals surface area contributed by atoms with Crippen LogP contribution >= 0.6 is 0 Å². The normalized spacial score (nSPS) is 22.4. The number of Topliss-reactive ketones (excluding diaryl/α,β-unsaturated/α-hetero) is 1. The number of hydrogen-bond acceptors (Lipinski definition) is 17. The zero-order valence-corrected chi connectivity index (χ0v) is 41.9. The summed E-state index contributed by atoms with van der Waals surface area (Å²) in [5.41, 5.74) is -4.30. The zero-order valence-electron chi connectivity index (χ0n) is 41.9. The molecule has 0 bridgehead atoms. The van der Waals surface area contributed by atoms with Crippen molar-refractivity contribution < 1.29 is 88.0 Å². The maximum atomic E-state index is 14.1. The Hall–Kier alpha value is -6.53. The third-order valence-corrected chi connectivity index (χ3v) is 13.0. The number of fused-ring (bicyclic) bond motifs is 3. The lowest BCUT2D eigenvalue weighted by atomic mass is 9.71. The molecular weight excluding hydrogens is 959 g/mol. The van der Waals surface area contributed by atoms with Crippen LogP contribution < -0.4 is 31.3 Å². The van der Waals surface area contributed by atoms with Gasteiger partial charge in [0.15, 0.2) is 17.9 Å². The highest BCUT2D eigenvalue weighted by Crippen LogP contribution is 2.52. The van der Waals surface area contributed by atoms with Gasteiger partial charge < -0.3 is 71.4 Å². The van der Waals surface area contributed by atoms with E-state index in [1.54, 1.807) is 13.8 Å². The number of amides is 5. The molecule has 0 aromatic heterocycles. The van der Waals surface area contributed by atoms with Crippen LogP contribution in [0.2, 0.25) is 0 Å². The summed E-state index contributed by atoms with van der Waals surface area (Å²) in [6, 6.07) is -0.432. The minimum atomic E-state index is -2.34. The number of rotatable bonds is 23. The van der Waals surface area contributed by atoms with Crippen molar-refractivity contribution in [2.24, 2.45) is 11.8 Å². The van der Waals surface area contributed by atoms with Crippen LogP contribution in [0.25, 0.3) is 0 Å². The summed E-state index contributed by atoms with van der Waals surface area (Å²) in [6.07, 6.45) is -8.03. The Morgan fingerprint density at radius 1 is 0.808 bits per heavy atom. The molecule has 400 valence electrons. The Labute approximate surface area is 421 Å². The molecule has 5 amide bonds. The van der Waals surface area contributed by atoms with Crippen molar-refractivity contribution in [3.8, 4) is 17.2 Å². The molecule has 0 radical (unpaired) electrons. The molecule has 1 fully saturated rings. The minimum Gasteiger partial charge on any atom is -0.507 e. The summed E-state index contributed by atoms with van der Waals surface area (Å²) in [7, 11) is 1.28. The number of aromatic hydroxyl groups is 2. The summed E-state index contributed by atoms with van der Waals surface area (Å²) in [5, 5.41) is 78.4. The molecule has 0 saturated carbocycles. The highest BCUT2D eigenvalue weighted by Gasteiger charge is 2.50. The molecule has 0 unspecified atom stereocenters. The number of benzene rings is 2. The van der Waals surface area contributed by atoms with Crippen LogP contribution in [0.1, 0.15) is 142 Å². The molecule has 1 saturated heterocycles. The molecular formula is C50H67N5O18. The number of ketones is 3. The lowest BCUT2D eigenvalue weighted by Crippen LogP contribution is -2.60. The number of carbonyl (C=O) groups is 9. The van der Waals surface area contributed by atoms with E-state index in [4.69, 9.17) is 19.3 Å². The second-order valence-corrected chi connectivity index (χ2v) is 19.6. The summed E-state index contributed by atoms with van der Waals surface area (Å²) >= 11 is 0. The number of nitrogens with one attached hydrogen (secondary N) is 5. The van der Waals surface area contributed by atoms with Crippen molar-refractivity contribution in [3.63, 3.8) is 0 Å². The summed E-state index contributed by atoms with van der Waals surface area (Å²) in [5.74, 6) is -8.87. The number of methoxy groups -OCH3 is 1. The van der Waals surface area contributed by atoms with Gasteiger partial charge >= 0.3 is 5.97 Å². The van der Waals surface area contributed by atoms with Crippen molar-refractivity contribution in [1.82, 2.24) is 26.6 Å². The second-order valence-electron chi connectivity index (χ2n) is 19.6. The van der Waals surface area contributed by atoms with Gasteiger partial charge in [0.2, 0.25) is 35.3 Å². The van der Waals surface area contributed by atoms with Crippen molar-refractivity contribution in [2.75, 3.05) is 20.3 Å². The first-order valence-electron chi connectivity index (χ1n) is 24.2. The predicted molar refractivity (Wildman–Crippen MR) is 255 cm³/mol. The van der Waals surface area contributed by atoms with Crippen molar-refractivity contribution in [2.45, 2.75) is 154 Å². The van der Waals surface area contributed by atoms with E-state index in [0.717, 1.165) is 0 Å². The molecule has 73 heavy (non-hydrogen) atoms. The van der Waals surface area contributed by atoms with E-state index in [1.807, 2.05) is 13.8 Å². The number of ether oxygens (including phenoxy) is 3. The molecule has 23 nitrogen and oxygen atoms in total. The van der Waals surface area contributed by atoms with Crippen LogP contribution in [0.5, 0.6) is 17.2 Å². The van der Waals surface area contributed by atoms with E-state index in [9.17, 15) is 68.7 Å².